The van der Waals surface area contributed by atoms with Crippen LogP contribution in [0.5, 0.6) is 5.75 Å². The molecule has 0 N–H and O–H groups in total. The van der Waals surface area contributed by atoms with E-state index >= 15 is 0 Å². The van der Waals surface area contributed by atoms with Crippen LogP contribution in [0.4, 0.5) is 0 Å². The summed E-state index contributed by atoms with van der Waals surface area (Å²) in [5.41, 5.74) is 6.92. The summed E-state index contributed by atoms with van der Waals surface area (Å²) in [7, 11) is 0. The number of hydrogen-bond acceptors (Lipinski definition) is 3. The molecule has 0 heterocycles. The first-order valence-electron chi connectivity index (χ1n) is 10.4. The number of carbonyl (C=O) groups excluding carboxylic acids is 1. The zero-order valence-corrected chi connectivity index (χ0v) is 16.8. The molecule has 1 aliphatic carbocycles. The van der Waals surface area contributed by atoms with Crippen molar-refractivity contribution >= 4 is 5.97 Å². The monoisotopic (exact) mass is 378 g/mol. The number of fused-ring (bicyclic) bond motifs is 3. The first-order valence-corrected chi connectivity index (χ1v) is 10.4. The molecule has 0 amide bonds. The van der Waals surface area contributed by atoms with Gasteiger partial charge in [-0.3, -0.25) is 0 Å². The topological polar surface area (TPSA) is 35.5 Å². The Morgan fingerprint density at radius 1 is 1.00 bits per heavy atom. The molecular weight excluding hydrogens is 348 g/mol. The van der Waals surface area contributed by atoms with Gasteiger partial charge in [-0.2, -0.15) is 0 Å². The molecule has 0 aliphatic heterocycles. The minimum atomic E-state index is -0.330. The van der Waals surface area contributed by atoms with Crippen molar-refractivity contribution in [3.63, 3.8) is 0 Å². The highest BCUT2D eigenvalue weighted by Gasteiger charge is 2.19. The van der Waals surface area contributed by atoms with E-state index in [1.54, 1.807) is 0 Å². The second-order valence-electron chi connectivity index (χ2n) is 7.37. The summed E-state index contributed by atoms with van der Waals surface area (Å²) in [6.45, 7) is 6.79. The summed E-state index contributed by atoms with van der Waals surface area (Å²) < 4.78 is 10.8. The van der Waals surface area contributed by atoms with Crippen LogP contribution in [0.15, 0.2) is 49.1 Å². The lowest BCUT2D eigenvalue weighted by molar-refractivity contribution is -0.137. The largest absolute Gasteiger partial charge is 0.494 e. The van der Waals surface area contributed by atoms with E-state index in [4.69, 9.17) is 9.47 Å². The minimum absolute atomic E-state index is 0.330. The summed E-state index contributed by atoms with van der Waals surface area (Å²) in [6, 6.07) is 13.4. The number of hydrogen-bond donors (Lipinski definition) is 0. The molecule has 1 aliphatic rings. The number of esters is 1. The van der Waals surface area contributed by atoms with Crippen LogP contribution < -0.4 is 4.74 Å². The standard InChI is InChI=1S/C25H30O3/c1-3-14-27-22-11-13-24-21(18-22)17-20-16-19(10-12-23(20)24)9-7-5-6-8-15-28-25(26)4-2/h4,10-13,16,18H,2-3,5-9,14-15,17H2,1H3. The fourth-order valence-corrected chi connectivity index (χ4v) is 3.72. The maximum absolute atomic E-state index is 11.0. The zero-order chi connectivity index (χ0) is 19.8. The van der Waals surface area contributed by atoms with Crippen LogP contribution in [0.25, 0.3) is 11.1 Å². The lowest BCUT2D eigenvalue weighted by Crippen LogP contribution is -2.01. The Kier molecular flexibility index (Phi) is 7.30. The minimum Gasteiger partial charge on any atom is -0.494 e. The second kappa shape index (κ2) is 10.1. The van der Waals surface area contributed by atoms with Crippen molar-refractivity contribution in [1.29, 1.82) is 0 Å². The zero-order valence-electron chi connectivity index (χ0n) is 16.8. The number of benzene rings is 2. The number of carbonyl (C=O) groups is 1. The Morgan fingerprint density at radius 2 is 1.75 bits per heavy atom. The van der Waals surface area contributed by atoms with E-state index in [2.05, 4.69) is 49.9 Å². The second-order valence-corrected chi connectivity index (χ2v) is 7.37. The first-order chi connectivity index (χ1) is 13.7. The lowest BCUT2D eigenvalue weighted by atomic mass is 10.00. The highest BCUT2D eigenvalue weighted by molar-refractivity contribution is 5.81. The van der Waals surface area contributed by atoms with E-state index in [0.29, 0.717) is 6.61 Å². The van der Waals surface area contributed by atoms with Gasteiger partial charge >= 0.3 is 5.97 Å². The number of aryl methyl sites for hydroxylation is 1. The molecule has 0 unspecified atom stereocenters. The first kappa shape index (κ1) is 20.2. The lowest BCUT2D eigenvalue weighted by Gasteiger charge is -2.07. The smallest absolute Gasteiger partial charge is 0.330 e. The van der Waals surface area contributed by atoms with Gasteiger partial charge in [-0.1, -0.05) is 50.6 Å². The van der Waals surface area contributed by atoms with Crippen molar-refractivity contribution in [2.75, 3.05) is 13.2 Å². The van der Waals surface area contributed by atoms with Crippen LogP contribution in [0, 0.1) is 0 Å². The molecule has 0 spiro atoms. The predicted molar refractivity (Wildman–Crippen MR) is 114 cm³/mol. The molecule has 3 nitrogen and oxygen atoms in total. The van der Waals surface area contributed by atoms with Crippen molar-refractivity contribution in [1.82, 2.24) is 0 Å². The van der Waals surface area contributed by atoms with Gasteiger partial charge in [0.1, 0.15) is 5.75 Å². The van der Waals surface area contributed by atoms with E-state index in [1.165, 1.54) is 33.9 Å². The fraction of sp³-hybridized carbons (Fsp3) is 0.400. The van der Waals surface area contributed by atoms with Crippen molar-refractivity contribution in [2.45, 2.75) is 51.9 Å². The Balaban J connectivity index is 1.47. The molecule has 0 bridgehead atoms. The highest BCUT2D eigenvalue weighted by Crippen LogP contribution is 2.38. The van der Waals surface area contributed by atoms with Crippen molar-refractivity contribution in [3.8, 4) is 16.9 Å². The molecule has 3 heteroatoms. The fourth-order valence-electron chi connectivity index (χ4n) is 3.72. The molecule has 0 atom stereocenters. The number of rotatable bonds is 11. The maximum Gasteiger partial charge on any atom is 0.330 e. The van der Waals surface area contributed by atoms with Gasteiger partial charge in [-0.15, -0.1) is 0 Å². The van der Waals surface area contributed by atoms with E-state index in [-0.39, 0.29) is 5.97 Å². The molecule has 2 aromatic carbocycles. The molecule has 0 saturated heterocycles. The van der Waals surface area contributed by atoms with Crippen LogP contribution >= 0.6 is 0 Å². The highest BCUT2D eigenvalue weighted by atomic mass is 16.5. The quantitative estimate of drug-likeness (QED) is 0.237. The predicted octanol–water partition coefficient (Wildman–Crippen LogP) is 5.88. The summed E-state index contributed by atoms with van der Waals surface area (Å²) in [6.07, 6.45) is 8.66. The molecule has 0 fully saturated rings. The third-order valence-electron chi connectivity index (χ3n) is 5.16. The van der Waals surface area contributed by atoms with Gasteiger partial charge < -0.3 is 9.47 Å². The third kappa shape index (κ3) is 5.25. The number of unbranched alkanes of at least 4 members (excludes halogenated alkanes) is 3. The molecule has 0 aromatic heterocycles. The SMILES string of the molecule is C=CC(=O)OCCCCCCc1ccc2c(c1)Cc1cc(OCCC)ccc1-2. The Labute approximate surface area is 168 Å². The van der Waals surface area contributed by atoms with Crippen molar-refractivity contribution < 1.29 is 14.3 Å². The molecule has 28 heavy (non-hydrogen) atoms. The van der Waals surface area contributed by atoms with E-state index in [0.717, 1.165) is 57.3 Å². The van der Waals surface area contributed by atoms with E-state index in [1.807, 2.05) is 0 Å². The van der Waals surface area contributed by atoms with E-state index < -0.39 is 0 Å². The van der Waals surface area contributed by atoms with Crippen molar-refractivity contribution in [2.24, 2.45) is 0 Å². The Hall–Kier alpha value is -2.55. The van der Waals surface area contributed by atoms with Gasteiger partial charge in [0, 0.05) is 6.08 Å². The van der Waals surface area contributed by atoms with Gasteiger partial charge in [-0.25, -0.2) is 4.79 Å². The van der Waals surface area contributed by atoms with Crippen molar-refractivity contribution in [3.05, 3.63) is 65.7 Å². The van der Waals surface area contributed by atoms with Crippen LogP contribution in [-0.2, 0) is 22.4 Å². The van der Waals surface area contributed by atoms with Crippen LogP contribution in [-0.4, -0.2) is 19.2 Å². The average Bonchev–Trinajstić information content (AvgIpc) is 3.08. The van der Waals surface area contributed by atoms with Gasteiger partial charge in [0.15, 0.2) is 0 Å². The van der Waals surface area contributed by atoms with Crippen LogP contribution in [0.2, 0.25) is 0 Å². The van der Waals surface area contributed by atoms with Crippen LogP contribution in [0.1, 0.15) is 55.7 Å². The van der Waals surface area contributed by atoms with Gasteiger partial charge in [-0.05, 0) is 72.1 Å². The number of ether oxygens (including phenoxy) is 2. The average molecular weight is 379 g/mol. The summed E-state index contributed by atoms with van der Waals surface area (Å²) >= 11 is 0. The molecule has 148 valence electrons. The normalized spacial score (nSPS) is 11.6. The van der Waals surface area contributed by atoms with Gasteiger partial charge in [0.05, 0.1) is 13.2 Å². The third-order valence-corrected chi connectivity index (χ3v) is 5.16. The molecule has 0 saturated carbocycles. The van der Waals surface area contributed by atoms with Gasteiger partial charge in [0.2, 0.25) is 0 Å². The summed E-state index contributed by atoms with van der Waals surface area (Å²) in [5, 5.41) is 0. The maximum atomic E-state index is 11.0. The molecule has 2 aromatic rings. The summed E-state index contributed by atoms with van der Waals surface area (Å²) in [4.78, 5) is 11.0. The molecular formula is C25H30O3. The Morgan fingerprint density at radius 3 is 2.54 bits per heavy atom. The molecule has 3 rings (SSSR count). The van der Waals surface area contributed by atoms with E-state index in [9.17, 15) is 4.79 Å². The van der Waals surface area contributed by atoms with Crippen LogP contribution in [0.3, 0.4) is 0 Å². The van der Waals surface area contributed by atoms with Gasteiger partial charge in [0.25, 0.3) is 0 Å². The summed E-state index contributed by atoms with van der Waals surface area (Å²) in [5.74, 6) is 0.649. The molecule has 0 radical (unpaired) electrons. The Bertz CT molecular complexity index is 823.